The summed E-state index contributed by atoms with van der Waals surface area (Å²) in [5.74, 6) is -1.49. The van der Waals surface area contributed by atoms with E-state index in [0.29, 0.717) is 24.8 Å². The van der Waals surface area contributed by atoms with Crippen molar-refractivity contribution in [1.29, 1.82) is 0 Å². The average molecular weight is 722 g/mol. The molecule has 1 aromatic rings. The van der Waals surface area contributed by atoms with Crippen molar-refractivity contribution in [2.45, 2.75) is 25.7 Å². The van der Waals surface area contributed by atoms with Crippen LogP contribution < -0.4 is 0 Å². The van der Waals surface area contributed by atoms with Crippen molar-refractivity contribution in [3.8, 4) is 0 Å². The molecule has 0 atom stereocenters. The van der Waals surface area contributed by atoms with E-state index in [9.17, 15) is 18.0 Å². The number of carbonyl (C=O) groups is 2. The standard InChI is InChI=1S/C15H17I3O7S/c16-10-8-11(14(18)12(17)9-10)15(20)25-5-3-1-2-4-13(19)24-6-7-26(21,22)23/h8-9H,1-7H2,(H,21,22,23). The van der Waals surface area contributed by atoms with E-state index in [4.69, 9.17) is 14.0 Å². The summed E-state index contributed by atoms with van der Waals surface area (Å²) < 4.78 is 42.3. The third-order valence-electron chi connectivity index (χ3n) is 3.08. The van der Waals surface area contributed by atoms with Gasteiger partial charge in [-0.1, -0.05) is 0 Å². The van der Waals surface area contributed by atoms with Gasteiger partial charge in [-0.05, 0) is 99.2 Å². The van der Waals surface area contributed by atoms with Crippen LogP contribution in [0.1, 0.15) is 36.0 Å². The summed E-state index contributed by atoms with van der Waals surface area (Å²) in [7, 11) is -4.12. The molecule has 0 saturated carbocycles. The van der Waals surface area contributed by atoms with E-state index >= 15 is 0 Å². The highest BCUT2D eigenvalue weighted by Gasteiger charge is 2.15. The van der Waals surface area contributed by atoms with Crippen molar-refractivity contribution in [2.75, 3.05) is 19.0 Å². The fraction of sp³-hybridized carbons (Fsp3) is 0.467. The second kappa shape index (κ2) is 12.0. The first-order valence-corrected chi connectivity index (χ1v) is 12.4. The van der Waals surface area contributed by atoms with Crippen LogP contribution in [0.15, 0.2) is 12.1 Å². The second-order valence-electron chi connectivity index (χ2n) is 5.20. The molecule has 0 radical (unpaired) electrons. The summed E-state index contributed by atoms with van der Waals surface area (Å²) in [6.45, 7) is -0.0998. The maximum Gasteiger partial charge on any atom is 0.339 e. The Morgan fingerprint density at radius 1 is 1.00 bits per heavy atom. The molecule has 26 heavy (non-hydrogen) atoms. The van der Waals surface area contributed by atoms with Crippen molar-refractivity contribution < 1.29 is 32.0 Å². The molecule has 0 fully saturated rings. The number of benzene rings is 1. The number of unbranched alkanes of at least 4 members (excludes halogenated alkanes) is 2. The van der Waals surface area contributed by atoms with Crippen LogP contribution in [0.5, 0.6) is 0 Å². The number of hydrogen-bond donors (Lipinski definition) is 1. The lowest BCUT2D eigenvalue weighted by Crippen LogP contribution is -2.14. The lowest BCUT2D eigenvalue weighted by Gasteiger charge is -2.08. The largest absolute Gasteiger partial charge is 0.464 e. The quantitative estimate of drug-likeness (QED) is 0.129. The van der Waals surface area contributed by atoms with Crippen molar-refractivity contribution in [3.63, 3.8) is 0 Å². The molecule has 11 heteroatoms. The summed E-state index contributed by atoms with van der Waals surface area (Å²) in [5, 5.41) is 0. The van der Waals surface area contributed by atoms with Crippen LogP contribution >= 0.6 is 67.8 Å². The molecule has 0 aromatic heterocycles. The van der Waals surface area contributed by atoms with Gasteiger partial charge in [-0.25, -0.2) is 4.79 Å². The summed E-state index contributed by atoms with van der Waals surface area (Å²) in [6.07, 6.45) is 1.97. The van der Waals surface area contributed by atoms with Crippen LogP contribution in [0.4, 0.5) is 0 Å². The molecule has 1 rings (SSSR count). The molecule has 0 unspecified atom stereocenters. The number of ether oxygens (including phenoxy) is 2. The number of rotatable bonds is 10. The second-order valence-corrected chi connectivity index (χ2v) is 10.3. The SMILES string of the molecule is O=C(CCCCCOC(=O)c1cc(I)cc(I)c1I)OCCS(=O)(=O)O. The van der Waals surface area contributed by atoms with E-state index in [2.05, 4.69) is 67.8 Å². The number of carbonyl (C=O) groups excluding carboxylic acids is 2. The monoisotopic (exact) mass is 722 g/mol. The number of halogens is 3. The Balaban J connectivity index is 2.21. The molecule has 146 valence electrons. The molecule has 1 aromatic carbocycles. The van der Waals surface area contributed by atoms with Crippen molar-refractivity contribution in [3.05, 3.63) is 28.4 Å². The highest BCUT2D eigenvalue weighted by Crippen LogP contribution is 2.23. The topological polar surface area (TPSA) is 107 Å². The van der Waals surface area contributed by atoms with E-state index in [1.165, 1.54) is 0 Å². The predicted octanol–water partition coefficient (Wildman–Crippen LogP) is 3.65. The molecule has 0 saturated heterocycles. The first-order valence-electron chi connectivity index (χ1n) is 7.52. The molecule has 0 heterocycles. The smallest absolute Gasteiger partial charge is 0.339 e. The highest BCUT2D eigenvalue weighted by atomic mass is 127. The molecule has 0 bridgehead atoms. The van der Waals surface area contributed by atoms with Crippen molar-refractivity contribution in [2.24, 2.45) is 0 Å². The lowest BCUT2D eigenvalue weighted by atomic mass is 10.2. The van der Waals surface area contributed by atoms with Crippen LogP contribution in [0, 0.1) is 10.7 Å². The zero-order valence-corrected chi connectivity index (χ0v) is 20.8. The minimum atomic E-state index is -4.12. The van der Waals surface area contributed by atoms with Crippen LogP contribution in [-0.2, 0) is 24.4 Å². The van der Waals surface area contributed by atoms with E-state index in [0.717, 1.165) is 10.7 Å². The zero-order valence-electron chi connectivity index (χ0n) is 13.5. The maximum atomic E-state index is 12.1. The van der Waals surface area contributed by atoms with Crippen LogP contribution in [0.25, 0.3) is 0 Å². The van der Waals surface area contributed by atoms with Gasteiger partial charge in [0, 0.05) is 17.1 Å². The summed E-state index contributed by atoms with van der Waals surface area (Å²) in [5.41, 5.74) is 0.546. The maximum absolute atomic E-state index is 12.1. The molecule has 0 amide bonds. The Morgan fingerprint density at radius 3 is 2.35 bits per heavy atom. The lowest BCUT2D eigenvalue weighted by molar-refractivity contribution is -0.143. The first kappa shape index (κ1) is 24.3. The van der Waals surface area contributed by atoms with Gasteiger partial charge in [-0.15, -0.1) is 0 Å². The van der Waals surface area contributed by atoms with E-state index in [-0.39, 0.29) is 25.6 Å². The van der Waals surface area contributed by atoms with E-state index < -0.39 is 21.8 Å². The normalized spacial score (nSPS) is 11.2. The minimum absolute atomic E-state index is 0.145. The Kier molecular flexibility index (Phi) is 11.2. The molecular formula is C15H17I3O7S. The van der Waals surface area contributed by atoms with Gasteiger partial charge in [0.05, 0.1) is 12.2 Å². The molecule has 7 nitrogen and oxygen atoms in total. The number of esters is 2. The molecule has 0 aliphatic rings. The summed E-state index contributed by atoms with van der Waals surface area (Å²) in [4.78, 5) is 23.5. The van der Waals surface area contributed by atoms with Crippen molar-refractivity contribution >= 4 is 89.8 Å². The van der Waals surface area contributed by atoms with Gasteiger partial charge in [0.1, 0.15) is 12.4 Å². The third-order valence-corrected chi connectivity index (χ3v) is 7.43. The van der Waals surface area contributed by atoms with Gasteiger partial charge in [-0.3, -0.25) is 9.35 Å². The Hall–Kier alpha value is 0.260. The predicted molar refractivity (Wildman–Crippen MR) is 121 cm³/mol. The summed E-state index contributed by atoms with van der Waals surface area (Å²) >= 11 is 6.44. The Labute approximate surface area is 193 Å². The Morgan fingerprint density at radius 2 is 1.69 bits per heavy atom. The van der Waals surface area contributed by atoms with Crippen LogP contribution in [-0.4, -0.2) is 43.9 Å². The van der Waals surface area contributed by atoms with E-state index in [1.54, 1.807) is 6.07 Å². The minimum Gasteiger partial charge on any atom is -0.464 e. The van der Waals surface area contributed by atoms with Gasteiger partial charge < -0.3 is 9.47 Å². The van der Waals surface area contributed by atoms with Gasteiger partial charge >= 0.3 is 11.9 Å². The molecule has 0 spiro atoms. The van der Waals surface area contributed by atoms with Crippen molar-refractivity contribution in [1.82, 2.24) is 0 Å². The van der Waals surface area contributed by atoms with E-state index in [1.807, 2.05) is 6.07 Å². The van der Waals surface area contributed by atoms with Gasteiger partial charge in [0.2, 0.25) is 0 Å². The zero-order chi connectivity index (χ0) is 19.7. The van der Waals surface area contributed by atoms with Gasteiger partial charge in [-0.2, -0.15) is 8.42 Å². The molecule has 0 aliphatic heterocycles. The Bertz CT molecular complexity index is 750. The third kappa shape index (κ3) is 9.98. The molecule has 1 N–H and O–H groups in total. The average Bonchev–Trinajstić information content (AvgIpc) is 2.52. The molecule has 0 aliphatic carbocycles. The van der Waals surface area contributed by atoms with Crippen LogP contribution in [0.2, 0.25) is 0 Å². The van der Waals surface area contributed by atoms with Gasteiger partial charge in [0.25, 0.3) is 10.1 Å². The first-order chi connectivity index (χ1) is 12.1. The number of hydrogen-bond acceptors (Lipinski definition) is 6. The summed E-state index contributed by atoms with van der Waals surface area (Å²) in [6, 6.07) is 3.77. The van der Waals surface area contributed by atoms with Gasteiger partial charge in [0.15, 0.2) is 0 Å². The highest BCUT2D eigenvalue weighted by molar-refractivity contribution is 14.1. The fourth-order valence-electron chi connectivity index (χ4n) is 1.83. The van der Waals surface area contributed by atoms with Crippen LogP contribution in [0.3, 0.4) is 0 Å². The molecular weight excluding hydrogens is 705 g/mol. The fourth-order valence-corrected chi connectivity index (χ4v) is 4.50.